The minimum absolute atomic E-state index is 0.0149. The lowest BCUT2D eigenvalue weighted by Gasteiger charge is -2.12. The fourth-order valence-corrected chi connectivity index (χ4v) is 8.55. The van der Waals surface area contributed by atoms with Crippen LogP contribution in [0.25, 0.3) is 22.3 Å². The van der Waals surface area contributed by atoms with E-state index in [1.165, 1.54) is 60.9 Å². The van der Waals surface area contributed by atoms with Crippen molar-refractivity contribution in [2.75, 3.05) is 9.44 Å². The van der Waals surface area contributed by atoms with E-state index in [2.05, 4.69) is 39.9 Å². The lowest BCUT2D eigenvalue weighted by atomic mass is 10.1. The van der Waals surface area contributed by atoms with E-state index in [1.54, 1.807) is 10.8 Å². The van der Waals surface area contributed by atoms with Crippen LogP contribution in [-0.2, 0) is 20.0 Å². The van der Waals surface area contributed by atoms with Gasteiger partial charge in [-0.1, -0.05) is 0 Å². The van der Waals surface area contributed by atoms with Crippen molar-refractivity contribution in [1.82, 2.24) is 9.97 Å². The Morgan fingerprint density at radius 2 is 1.07 bits per heavy atom. The smallest absolute Gasteiger partial charge is 0.263 e. The largest absolute Gasteiger partial charge is 0.505 e. The third-order valence-electron chi connectivity index (χ3n) is 7.68. The summed E-state index contributed by atoms with van der Waals surface area (Å²) in [6.45, 7) is 0. The van der Waals surface area contributed by atoms with Gasteiger partial charge in [0.25, 0.3) is 20.0 Å². The van der Waals surface area contributed by atoms with E-state index in [0.717, 1.165) is 34.8 Å². The van der Waals surface area contributed by atoms with E-state index < -0.39 is 88.1 Å². The summed E-state index contributed by atoms with van der Waals surface area (Å²) in [5.41, 5.74) is -3.74. The highest BCUT2D eigenvalue weighted by Crippen LogP contribution is 2.52. The van der Waals surface area contributed by atoms with Crippen LogP contribution in [0.3, 0.4) is 0 Å². The number of nitrogens with one attached hydrogen (secondary N) is 2. The van der Waals surface area contributed by atoms with Gasteiger partial charge in [-0.05, 0) is 60.7 Å². The van der Waals surface area contributed by atoms with Gasteiger partial charge in [-0.2, -0.15) is 10.2 Å². The summed E-state index contributed by atoms with van der Waals surface area (Å²) in [7, 11) is -8.06. The van der Waals surface area contributed by atoms with Crippen molar-refractivity contribution in [1.29, 1.82) is 0 Å². The Morgan fingerprint density at radius 1 is 0.596 bits per heavy atom. The van der Waals surface area contributed by atoms with Crippen molar-refractivity contribution < 1.29 is 51.9 Å². The molecule has 0 saturated heterocycles. The van der Waals surface area contributed by atoms with E-state index in [1.807, 2.05) is 0 Å². The lowest BCUT2D eigenvalue weighted by molar-refractivity contribution is 0.368. The first-order chi connectivity index (χ1) is 27.1. The summed E-state index contributed by atoms with van der Waals surface area (Å²) in [4.78, 5) is 21.1. The Bertz CT molecular complexity index is 2990. The highest BCUT2D eigenvalue weighted by molar-refractivity contribution is 7.93. The van der Waals surface area contributed by atoms with Gasteiger partial charge >= 0.3 is 0 Å². The van der Waals surface area contributed by atoms with Crippen molar-refractivity contribution in [3.63, 3.8) is 0 Å². The average Bonchev–Trinajstić information content (AvgIpc) is 3.89. The molecule has 4 aromatic carbocycles. The summed E-state index contributed by atoms with van der Waals surface area (Å²) in [5.74, 6) is -6.50. The molecule has 0 amide bonds. The molecule has 0 bridgehead atoms. The van der Waals surface area contributed by atoms with Gasteiger partial charge in [-0.3, -0.25) is 14.2 Å². The fraction of sp³-hybridized carbons (Fsp3) is 0. The number of rotatable bonds is 11. The second kappa shape index (κ2) is 14.8. The number of azo groups is 2. The standard InChI is InChI=1S/C33H22N8O12S4/c42-20-13-15(14-21(43)25(20)44)30-29(48)27(46)22-26(45)23(38-36-16-1-5-18(6-2-16)56(49,50)40-32-34-9-11-54-32)28(47)24(31(22)53-30)39-37-17-3-7-19(8-4-17)57(51,52)41-33-35-10-12-55-33/h1-14,42-45,47-48H,(H,34,40)(H,35,41). The maximum absolute atomic E-state index is 13.6. The molecule has 0 saturated carbocycles. The van der Waals surface area contributed by atoms with Crippen molar-refractivity contribution in [3.8, 4) is 45.8 Å². The number of aromatic nitrogens is 2. The van der Waals surface area contributed by atoms with Gasteiger partial charge in [0, 0.05) is 28.7 Å². The topological polar surface area (TPSA) is 319 Å². The van der Waals surface area contributed by atoms with Gasteiger partial charge in [-0.25, -0.2) is 26.8 Å². The van der Waals surface area contributed by atoms with E-state index >= 15 is 0 Å². The summed E-state index contributed by atoms with van der Waals surface area (Å²) in [6, 6.07) is 11.5. The molecule has 0 radical (unpaired) electrons. The first-order valence-electron chi connectivity index (χ1n) is 15.5. The molecule has 0 atom stereocenters. The van der Waals surface area contributed by atoms with Crippen LogP contribution in [0.15, 0.2) is 123 Å². The molecule has 7 aromatic rings. The van der Waals surface area contributed by atoms with Gasteiger partial charge in [0.15, 0.2) is 61.7 Å². The fourth-order valence-electron chi connectivity index (χ4n) is 4.97. The van der Waals surface area contributed by atoms with Crippen LogP contribution in [0.2, 0.25) is 0 Å². The summed E-state index contributed by atoms with van der Waals surface area (Å²) < 4.78 is 61.4. The second-order valence-electron chi connectivity index (χ2n) is 11.3. The van der Waals surface area contributed by atoms with E-state index in [-0.39, 0.29) is 37.0 Å². The first-order valence-corrected chi connectivity index (χ1v) is 20.3. The quantitative estimate of drug-likeness (QED) is 0.0478. The highest BCUT2D eigenvalue weighted by atomic mass is 32.2. The van der Waals surface area contributed by atoms with Crippen LogP contribution in [-0.4, -0.2) is 57.4 Å². The minimum atomic E-state index is -4.04. The molecular weight excluding hydrogens is 829 g/mol. The Balaban J connectivity index is 1.31. The van der Waals surface area contributed by atoms with Crippen LogP contribution in [0.1, 0.15) is 0 Å². The molecule has 0 fully saturated rings. The summed E-state index contributed by atoms with van der Waals surface area (Å²) in [5, 5.41) is 82.0. The van der Waals surface area contributed by atoms with E-state index in [9.17, 15) is 52.3 Å². The zero-order chi connectivity index (χ0) is 40.6. The van der Waals surface area contributed by atoms with E-state index in [4.69, 9.17) is 4.42 Å². The molecule has 57 heavy (non-hydrogen) atoms. The van der Waals surface area contributed by atoms with Crippen LogP contribution < -0.4 is 14.9 Å². The van der Waals surface area contributed by atoms with Crippen LogP contribution in [0.4, 0.5) is 33.0 Å². The molecule has 24 heteroatoms. The number of benzene rings is 4. The third-order valence-corrected chi connectivity index (χ3v) is 12.0. The van der Waals surface area contributed by atoms with Gasteiger partial charge < -0.3 is 35.1 Å². The normalized spacial score (nSPS) is 12.1. The van der Waals surface area contributed by atoms with Crippen molar-refractivity contribution in [2.45, 2.75) is 9.79 Å². The van der Waals surface area contributed by atoms with E-state index in [0.29, 0.717) is 0 Å². The molecule has 0 aliphatic heterocycles. The van der Waals surface area contributed by atoms with Crippen molar-refractivity contribution in [3.05, 3.63) is 94.0 Å². The number of hydrogen-bond acceptors (Lipinski definition) is 20. The number of thiazole rings is 2. The zero-order valence-electron chi connectivity index (χ0n) is 28.0. The SMILES string of the molecule is O=c1c(O)c(-c2cc(O)c(O)c(O)c2)oc2c(N=Nc3ccc(S(=O)(=O)Nc4nccs4)cc3)c(O)c(N=Nc3ccc(S(=O)(=O)Nc4nccs4)cc3)c(O)c12. The predicted octanol–water partition coefficient (Wildman–Crippen LogP) is 7.04. The molecule has 8 N–H and O–H groups in total. The van der Waals surface area contributed by atoms with Crippen molar-refractivity contribution in [2.24, 2.45) is 20.5 Å². The first kappa shape index (κ1) is 38.1. The Labute approximate surface area is 326 Å². The number of phenols is 5. The van der Waals surface area contributed by atoms with Crippen LogP contribution >= 0.6 is 22.7 Å². The Hall–Kier alpha value is -7.15. The predicted molar refractivity (Wildman–Crippen MR) is 205 cm³/mol. The maximum Gasteiger partial charge on any atom is 0.263 e. The molecule has 0 aliphatic carbocycles. The average molecular weight is 851 g/mol. The second-order valence-corrected chi connectivity index (χ2v) is 16.5. The van der Waals surface area contributed by atoms with Gasteiger partial charge in [0.2, 0.25) is 11.2 Å². The van der Waals surface area contributed by atoms with Gasteiger partial charge in [0.1, 0.15) is 5.39 Å². The molecular formula is C33H22N8O12S4. The Morgan fingerprint density at radius 3 is 1.53 bits per heavy atom. The number of sulfonamides is 2. The molecule has 0 spiro atoms. The summed E-state index contributed by atoms with van der Waals surface area (Å²) in [6.07, 6.45) is 2.84. The number of phenolic OH excluding ortho intramolecular Hbond substituents is 5. The number of nitrogens with zero attached hydrogens (tertiary/aromatic N) is 6. The highest BCUT2D eigenvalue weighted by Gasteiger charge is 2.28. The number of fused-ring (bicyclic) bond motifs is 1. The molecule has 3 aromatic heterocycles. The molecule has 20 nitrogen and oxygen atoms in total. The number of anilines is 2. The molecule has 290 valence electrons. The van der Waals surface area contributed by atoms with Crippen LogP contribution in [0, 0.1) is 0 Å². The van der Waals surface area contributed by atoms with Crippen LogP contribution in [0.5, 0.6) is 34.5 Å². The molecule has 7 rings (SSSR count). The van der Waals surface area contributed by atoms with Gasteiger partial charge in [-0.15, -0.1) is 32.9 Å². The number of aromatic hydroxyl groups is 6. The zero-order valence-corrected chi connectivity index (χ0v) is 31.3. The summed E-state index contributed by atoms with van der Waals surface area (Å²) >= 11 is 2.13. The maximum atomic E-state index is 13.6. The minimum Gasteiger partial charge on any atom is -0.505 e. The third kappa shape index (κ3) is 7.59. The number of hydrogen-bond donors (Lipinski definition) is 8. The van der Waals surface area contributed by atoms with Gasteiger partial charge in [0.05, 0.1) is 21.2 Å². The van der Waals surface area contributed by atoms with Crippen molar-refractivity contribution >= 4 is 86.7 Å². The monoisotopic (exact) mass is 850 g/mol. The molecule has 0 aliphatic rings. The molecule has 3 heterocycles. The Kier molecular flexibility index (Phi) is 9.92. The lowest BCUT2D eigenvalue weighted by Crippen LogP contribution is -2.12. The molecule has 0 unspecified atom stereocenters.